The van der Waals surface area contributed by atoms with Crippen molar-refractivity contribution < 1.29 is 8.42 Å². The van der Waals surface area contributed by atoms with E-state index in [0.717, 1.165) is 29.8 Å². The molecule has 0 aliphatic carbocycles. The monoisotopic (exact) mass is 398 g/mol. The fraction of sp³-hybridized carbons (Fsp3) is 0.333. The number of rotatable bonds is 4. The van der Waals surface area contributed by atoms with E-state index >= 15 is 0 Å². The van der Waals surface area contributed by atoms with Gasteiger partial charge in [-0.3, -0.25) is 4.72 Å². The number of sulfonamides is 1. The molecule has 1 heterocycles. The van der Waals surface area contributed by atoms with Crippen molar-refractivity contribution in [3.8, 4) is 0 Å². The topological polar surface area (TPSA) is 49.4 Å². The molecule has 0 saturated heterocycles. The Hall–Kier alpha value is -1.27. The van der Waals surface area contributed by atoms with Gasteiger partial charge in [0, 0.05) is 34.7 Å². The van der Waals surface area contributed by atoms with Crippen molar-refractivity contribution in [1.29, 1.82) is 0 Å². The molecule has 1 aliphatic heterocycles. The highest BCUT2D eigenvalue weighted by Gasteiger charge is 2.27. The maximum absolute atomic E-state index is 11.7. The van der Waals surface area contributed by atoms with Crippen LogP contribution in [0, 0.1) is 0 Å². The van der Waals surface area contributed by atoms with E-state index < -0.39 is 10.0 Å². The SMILES string of the molecule is CCS(=O)(=O)Nc1ccc(C2CN(C)Cc3c(Cl)cc(Cl)cc32)cc1. The first-order chi connectivity index (χ1) is 11.8. The Morgan fingerprint density at radius 3 is 2.52 bits per heavy atom. The number of likely N-dealkylation sites (N-methyl/N-ethyl adjacent to an activating group) is 1. The van der Waals surface area contributed by atoms with Crippen molar-refractivity contribution >= 4 is 38.9 Å². The molecule has 1 aliphatic rings. The summed E-state index contributed by atoms with van der Waals surface area (Å²) in [6.45, 7) is 3.25. The highest BCUT2D eigenvalue weighted by molar-refractivity contribution is 7.92. The van der Waals surface area contributed by atoms with E-state index in [9.17, 15) is 8.42 Å². The largest absolute Gasteiger partial charge is 0.301 e. The fourth-order valence-corrected chi connectivity index (χ4v) is 4.37. The van der Waals surface area contributed by atoms with Gasteiger partial charge in [-0.25, -0.2) is 8.42 Å². The van der Waals surface area contributed by atoms with Crippen LogP contribution in [0.4, 0.5) is 5.69 Å². The molecule has 0 saturated carbocycles. The number of nitrogens with one attached hydrogen (secondary N) is 1. The Bertz CT molecular complexity index is 883. The van der Waals surface area contributed by atoms with Gasteiger partial charge in [-0.1, -0.05) is 35.3 Å². The minimum absolute atomic E-state index is 0.0482. The van der Waals surface area contributed by atoms with Gasteiger partial charge in [0.25, 0.3) is 0 Å². The summed E-state index contributed by atoms with van der Waals surface area (Å²) in [6, 6.07) is 11.3. The third kappa shape index (κ3) is 4.11. The highest BCUT2D eigenvalue weighted by atomic mass is 35.5. The van der Waals surface area contributed by atoms with Crippen LogP contribution >= 0.6 is 23.2 Å². The summed E-state index contributed by atoms with van der Waals surface area (Å²) in [5.41, 5.74) is 3.91. The van der Waals surface area contributed by atoms with Crippen molar-refractivity contribution in [3.63, 3.8) is 0 Å². The van der Waals surface area contributed by atoms with Crippen molar-refractivity contribution in [2.45, 2.75) is 19.4 Å². The quantitative estimate of drug-likeness (QED) is 0.833. The number of nitrogens with zero attached hydrogens (tertiary/aromatic N) is 1. The normalized spacial score (nSPS) is 18.0. The molecule has 25 heavy (non-hydrogen) atoms. The van der Waals surface area contributed by atoms with Crippen LogP contribution in [0.25, 0.3) is 0 Å². The zero-order chi connectivity index (χ0) is 18.2. The molecule has 3 rings (SSSR count). The summed E-state index contributed by atoms with van der Waals surface area (Å²) in [4.78, 5) is 2.22. The summed E-state index contributed by atoms with van der Waals surface area (Å²) >= 11 is 12.6. The van der Waals surface area contributed by atoms with Gasteiger partial charge in [0.2, 0.25) is 10.0 Å². The van der Waals surface area contributed by atoms with Gasteiger partial charge in [-0.05, 0) is 54.9 Å². The summed E-state index contributed by atoms with van der Waals surface area (Å²) < 4.78 is 25.9. The fourth-order valence-electron chi connectivity index (χ4n) is 3.17. The van der Waals surface area contributed by atoms with Crippen LogP contribution in [0.15, 0.2) is 36.4 Å². The molecule has 0 amide bonds. The third-order valence-electron chi connectivity index (χ3n) is 4.46. The molecule has 2 aromatic rings. The van der Waals surface area contributed by atoms with Crippen molar-refractivity contribution in [1.82, 2.24) is 4.90 Å². The maximum atomic E-state index is 11.7. The molecule has 0 spiro atoms. The molecule has 0 fully saturated rings. The lowest BCUT2D eigenvalue weighted by Gasteiger charge is -2.33. The van der Waals surface area contributed by atoms with E-state index in [4.69, 9.17) is 23.2 Å². The van der Waals surface area contributed by atoms with Gasteiger partial charge < -0.3 is 4.90 Å². The molecular formula is C18H20Cl2N2O2S. The van der Waals surface area contributed by atoms with E-state index in [0.29, 0.717) is 15.7 Å². The third-order valence-corrected chi connectivity index (χ3v) is 6.32. The number of fused-ring (bicyclic) bond motifs is 1. The lowest BCUT2D eigenvalue weighted by molar-refractivity contribution is 0.295. The minimum Gasteiger partial charge on any atom is -0.301 e. The molecule has 134 valence electrons. The molecular weight excluding hydrogens is 379 g/mol. The Morgan fingerprint density at radius 1 is 1.20 bits per heavy atom. The lowest BCUT2D eigenvalue weighted by atomic mass is 9.85. The molecule has 2 aromatic carbocycles. The Morgan fingerprint density at radius 2 is 1.88 bits per heavy atom. The van der Waals surface area contributed by atoms with E-state index in [2.05, 4.69) is 16.7 Å². The smallest absolute Gasteiger partial charge is 0.232 e. The van der Waals surface area contributed by atoms with Crippen molar-refractivity contribution in [3.05, 3.63) is 63.1 Å². The van der Waals surface area contributed by atoms with Crippen LogP contribution in [0.5, 0.6) is 0 Å². The van der Waals surface area contributed by atoms with E-state index in [1.54, 1.807) is 25.1 Å². The first-order valence-corrected chi connectivity index (χ1v) is 10.5. The molecule has 0 aromatic heterocycles. The second kappa shape index (κ2) is 7.16. The second-order valence-electron chi connectivity index (χ2n) is 6.33. The van der Waals surface area contributed by atoms with Gasteiger partial charge in [-0.15, -0.1) is 0 Å². The predicted octanol–water partition coefficient (Wildman–Crippen LogP) is 4.33. The van der Waals surface area contributed by atoms with Gasteiger partial charge >= 0.3 is 0 Å². The number of benzene rings is 2. The number of hydrogen-bond acceptors (Lipinski definition) is 3. The second-order valence-corrected chi connectivity index (χ2v) is 9.19. The van der Waals surface area contributed by atoms with E-state index in [1.165, 1.54) is 0 Å². The summed E-state index contributed by atoms with van der Waals surface area (Å²) in [6.07, 6.45) is 0. The van der Waals surface area contributed by atoms with Crippen LogP contribution in [0.3, 0.4) is 0 Å². The number of anilines is 1. The first kappa shape index (κ1) is 18.5. The summed E-state index contributed by atoms with van der Waals surface area (Å²) in [5, 5.41) is 1.32. The molecule has 0 radical (unpaired) electrons. The van der Waals surface area contributed by atoms with Gasteiger partial charge in [0.15, 0.2) is 0 Å². The summed E-state index contributed by atoms with van der Waals surface area (Å²) in [7, 11) is -1.21. The number of hydrogen-bond donors (Lipinski definition) is 1. The summed E-state index contributed by atoms with van der Waals surface area (Å²) in [5.74, 6) is 0.189. The Labute approximate surface area is 158 Å². The lowest BCUT2D eigenvalue weighted by Crippen LogP contribution is -2.31. The molecule has 1 N–H and O–H groups in total. The Balaban J connectivity index is 1.95. The van der Waals surface area contributed by atoms with E-state index in [-0.39, 0.29) is 11.7 Å². The molecule has 0 bridgehead atoms. The van der Waals surface area contributed by atoms with Crippen LogP contribution in [-0.2, 0) is 16.6 Å². The average Bonchev–Trinajstić information content (AvgIpc) is 2.55. The maximum Gasteiger partial charge on any atom is 0.232 e. The molecule has 1 unspecified atom stereocenters. The standard InChI is InChI=1S/C18H20Cl2N2O2S/c1-3-25(23,24)21-14-6-4-12(5-7-14)16-10-22(2)11-17-15(16)8-13(19)9-18(17)20/h4-9,16,21H,3,10-11H2,1-2H3. The Kier molecular flexibility index (Phi) is 5.30. The van der Waals surface area contributed by atoms with Gasteiger partial charge in [0.05, 0.1) is 5.75 Å². The molecule has 1 atom stereocenters. The number of halogens is 2. The van der Waals surface area contributed by atoms with Crippen molar-refractivity contribution in [2.24, 2.45) is 0 Å². The van der Waals surface area contributed by atoms with Gasteiger partial charge in [-0.2, -0.15) is 0 Å². The average molecular weight is 399 g/mol. The zero-order valence-electron chi connectivity index (χ0n) is 14.1. The highest BCUT2D eigenvalue weighted by Crippen LogP contribution is 2.38. The van der Waals surface area contributed by atoms with Crippen LogP contribution in [0.1, 0.15) is 29.5 Å². The van der Waals surface area contributed by atoms with Crippen LogP contribution in [-0.4, -0.2) is 32.7 Å². The van der Waals surface area contributed by atoms with Crippen molar-refractivity contribution in [2.75, 3.05) is 24.1 Å². The molecule has 4 nitrogen and oxygen atoms in total. The van der Waals surface area contributed by atoms with Crippen LogP contribution < -0.4 is 4.72 Å². The van der Waals surface area contributed by atoms with Crippen LogP contribution in [0.2, 0.25) is 10.0 Å². The molecule has 7 heteroatoms. The van der Waals surface area contributed by atoms with E-state index in [1.807, 2.05) is 18.2 Å². The minimum atomic E-state index is -3.27. The van der Waals surface area contributed by atoms with Gasteiger partial charge in [0.1, 0.15) is 0 Å². The first-order valence-electron chi connectivity index (χ1n) is 8.06. The zero-order valence-corrected chi connectivity index (χ0v) is 16.4. The predicted molar refractivity (Wildman–Crippen MR) is 104 cm³/mol.